The third-order valence-corrected chi connectivity index (χ3v) is 3.14. The van der Waals surface area contributed by atoms with Gasteiger partial charge in [0, 0.05) is 23.8 Å². The van der Waals surface area contributed by atoms with E-state index in [4.69, 9.17) is 0 Å². The maximum atomic E-state index is 11.3. The highest BCUT2D eigenvalue weighted by Gasteiger charge is 2.18. The fourth-order valence-electron chi connectivity index (χ4n) is 2.19. The van der Waals surface area contributed by atoms with Crippen LogP contribution in [0.5, 0.6) is 0 Å². The zero-order valence-corrected chi connectivity index (χ0v) is 10.1. The molecule has 0 saturated heterocycles. The van der Waals surface area contributed by atoms with Crippen molar-refractivity contribution in [1.82, 2.24) is 14.9 Å². The predicted octanol–water partition coefficient (Wildman–Crippen LogP) is 2.12. The topological polar surface area (TPSA) is 46.9 Å². The molecule has 0 radical (unpaired) electrons. The van der Waals surface area contributed by atoms with E-state index in [9.17, 15) is 4.79 Å². The van der Waals surface area contributed by atoms with Crippen molar-refractivity contribution in [2.75, 3.05) is 0 Å². The van der Waals surface area contributed by atoms with E-state index >= 15 is 0 Å². The summed E-state index contributed by atoms with van der Waals surface area (Å²) in [4.78, 5) is 15.3. The van der Waals surface area contributed by atoms with Crippen molar-refractivity contribution in [3.8, 4) is 5.69 Å². The SMILES string of the molecule is CC1=C(c2ccc(-n3ccnc3)cc2)CC(=O)N1. The summed E-state index contributed by atoms with van der Waals surface area (Å²) in [5.74, 6) is 0.0705. The van der Waals surface area contributed by atoms with Gasteiger partial charge in [0.1, 0.15) is 0 Å². The molecule has 0 saturated carbocycles. The lowest BCUT2D eigenvalue weighted by Gasteiger charge is -2.05. The van der Waals surface area contributed by atoms with E-state index in [2.05, 4.69) is 10.3 Å². The van der Waals surface area contributed by atoms with Gasteiger partial charge in [0.05, 0.1) is 12.7 Å². The van der Waals surface area contributed by atoms with Gasteiger partial charge in [-0.25, -0.2) is 4.98 Å². The maximum absolute atomic E-state index is 11.3. The molecule has 0 aliphatic carbocycles. The maximum Gasteiger partial charge on any atom is 0.228 e. The van der Waals surface area contributed by atoms with Crippen LogP contribution in [0.15, 0.2) is 48.7 Å². The van der Waals surface area contributed by atoms with Crippen LogP contribution in [0, 0.1) is 0 Å². The smallest absolute Gasteiger partial charge is 0.228 e. The molecule has 1 aliphatic heterocycles. The van der Waals surface area contributed by atoms with Crippen molar-refractivity contribution < 1.29 is 4.79 Å². The van der Waals surface area contributed by atoms with Crippen LogP contribution in [0.2, 0.25) is 0 Å². The van der Waals surface area contributed by atoms with Crippen molar-refractivity contribution in [3.05, 3.63) is 54.2 Å². The summed E-state index contributed by atoms with van der Waals surface area (Å²) < 4.78 is 1.95. The average molecular weight is 239 g/mol. The Kier molecular flexibility index (Phi) is 2.48. The van der Waals surface area contributed by atoms with Gasteiger partial charge in [-0.1, -0.05) is 12.1 Å². The van der Waals surface area contributed by atoms with Crippen LogP contribution < -0.4 is 5.32 Å². The zero-order valence-electron chi connectivity index (χ0n) is 10.1. The van der Waals surface area contributed by atoms with Crippen LogP contribution in [0.3, 0.4) is 0 Å². The van der Waals surface area contributed by atoms with Crippen LogP contribution in [-0.4, -0.2) is 15.5 Å². The van der Waals surface area contributed by atoms with Crippen molar-refractivity contribution in [1.29, 1.82) is 0 Å². The minimum absolute atomic E-state index is 0.0705. The molecule has 0 spiro atoms. The predicted molar refractivity (Wildman–Crippen MR) is 68.9 cm³/mol. The van der Waals surface area contributed by atoms with E-state index in [1.807, 2.05) is 42.0 Å². The number of carbonyl (C=O) groups is 1. The molecule has 4 heteroatoms. The zero-order chi connectivity index (χ0) is 12.5. The number of nitrogens with zero attached hydrogens (tertiary/aromatic N) is 2. The average Bonchev–Trinajstić information content (AvgIpc) is 2.99. The highest BCUT2D eigenvalue weighted by molar-refractivity contribution is 5.96. The normalized spacial score (nSPS) is 15.1. The van der Waals surface area contributed by atoms with E-state index in [1.54, 1.807) is 12.5 Å². The Morgan fingerprint density at radius 1 is 1.28 bits per heavy atom. The lowest BCUT2D eigenvalue weighted by atomic mass is 10.0. The molecule has 1 aromatic carbocycles. The third-order valence-electron chi connectivity index (χ3n) is 3.14. The number of hydrogen-bond donors (Lipinski definition) is 1. The Hall–Kier alpha value is -2.36. The monoisotopic (exact) mass is 239 g/mol. The molecule has 1 amide bonds. The summed E-state index contributed by atoms with van der Waals surface area (Å²) in [6.45, 7) is 1.93. The molecule has 1 aromatic heterocycles. The highest BCUT2D eigenvalue weighted by Crippen LogP contribution is 2.26. The molecule has 0 fully saturated rings. The number of nitrogens with one attached hydrogen (secondary N) is 1. The van der Waals surface area contributed by atoms with Crippen LogP contribution in [0.25, 0.3) is 11.3 Å². The summed E-state index contributed by atoms with van der Waals surface area (Å²) in [6, 6.07) is 8.13. The number of hydrogen-bond acceptors (Lipinski definition) is 2. The number of allylic oxidation sites excluding steroid dienone is 1. The number of imidazole rings is 1. The van der Waals surface area contributed by atoms with E-state index in [1.165, 1.54) is 0 Å². The van der Waals surface area contributed by atoms with Gasteiger partial charge >= 0.3 is 0 Å². The molecule has 4 nitrogen and oxygen atoms in total. The first-order valence-corrected chi connectivity index (χ1v) is 5.82. The Labute approximate surface area is 105 Å². The van der Waals surface area contributed by atoms with Crippen molar-refractivity contribution in [3.63, 3.8) is 0 Å². The quantitative estimate of drug-likeness (QED) is 0.872. The van der Waals surface area contributed by atoms with E-state index in [0.717, 1.165) is 22.5 Å². The minimum atomic E-state index is 0.0705. The second kappa shape index (κ2) is 4.14. The summed E-state index contributed by atoms with van der Waals surface area (Å²) >= 11 is 0. The Morgan fingerprint density at radius 2 is 2.06 bits per heavy atom. The molecule has 90 valence electrons. The second-order valence-electron chi connectivity index (χ2n) is 4.35. The number of aromatic nitrogens is 2. The van der Waals surface area contributed by atoms with Gasteiger partial charge in [0.25, 0.3) is 0 Å². The molecule has 18 heavy (non-hydrogen) atoms. The molecule has 1 aliphatic rings. The van der Waals surface area contributed by atoms with Crippen molar-refractivity contribution >= 4 is 11.5 Å². The second-order valence-corrected chi connectivity index (χ2v) is 4.35. The number of benzene rings is 1. The lowest BCUT2D eigenvalue weighted by Crippen LogP contribution is -2.12. The van der Waals surface area contributed by atoms with Crippen molar-refractivity contribution in [2.45, 2.75) is 13.3 Å². The molecule has 0 atom stereocenters. The van der Waals surface area contributed by atoms with Crippen LogP contribution in [0.1, 0.15) is 18.9 Å². The Morgan fingerprint density at radius 3 is 2.61 bits per heavy atom. The van der Waals surface area contributed by atoms with Crippen LogP contribution >= 0.6 is 0 Å². The first-order chi connectivity index (χ1) is 8.74. The largest absolute Gasteiger partial charge is 0.329 e. The van der Waals surface area contributed by atoms with Gasteiger partial charge in [-0.15, -0.1) is 0 Å². The number of carbonyl (C=O) groups excluding carboxylic acids is 1. The van der Waals surface area contributed by atoms with E-state index in [-0.39, 0.29) is 5.91 Å². The van der Waals surface area contributed by atoms with Crippen molar-refractivity contribution in [2.24, 2.45) is 0 Å². The molecule has 3 rings (SSSR count). The third kappa shape index (κ3) is 1.82. The summed E-state index contributed by atoms with van der Waals surface area (Å²) in [7, 11) is 0. The lowest BCUT2D eigenvalue weighted by molar-refractivity contribution is -0.118. The fraction of sp³-hybridized carbons (Fsp3) is 0.143. The summed E-state index contributed by atoms with van der Waals surface area (Å²) in [6.07, 6.45) is 5.89. The molecular weight excluding hydrogens is 226 g/mol. The molecule has 1 N–H and O–H groups in total. The Balaban J connectivity index is 1.93. The van der Waals surface area contributed by atoms with E-state index in [0.29, 0.717) is 6.42 Å². The van der Waals surface area contributed by atoms with Gasteiger partial charge in [0.15, 0.2) is 0 Å². The molecular formula is C14H13N3O. The minimum Gasteiger partial charge on any atom is -0.329 e. The van der Waals surface area contributed by atoms with Gasteiger partial charge in [-0.2, -0.15) is 0 Å². The molecule has 2 heterocycles. The van der Waals surface area contributed by atoms with Crippen LogP contribution in [-0.2, 0) is 4.79 Å². The molecule has 0 bridgehead atoms. The fourth-order valence-corrected chi connectivity index (χ4v) is 2.19. The van der Waals surface area contributed by atoms with Gasteiger partial charge < -0.3 is 9.88 Å². The van der Waals surface area contributed by atoms with E-state index < -0.39 is 0 Å². The van der Waals surface area contributed by atoms with Gasteiger partial charge in [-0.05, 0) is 30.2 Å². The molecule has 0 unspecified atom stereocenters. The van der Waals surface area contributed by atoms with Crippen LogP contribution in [0.4, 0.5) is 0 Å². The first-order valence-electron chi connectivity index (χ1n) is 5.82. The summed E-state index contributed by atoms with van der Waals surface area (Å²) in [5, 5.41) is 2.83. The highest BCUT2D eigenvalue weighted by atomic mass is 16.1. The Bertz CT molecular complexity index is 609. The number of rotatable bonds is 2. The first kappa shape index (κ1) is 10.8. The van der Waals surface area contributed by atoms with Gasteiger partial charge in [0.2, 0.25) is 5.91 Å². The number of amides is 1. The van der Waals surface area contributed by atoms with Gasteiger partial charge in [-0.3, -0.25) is 4.79 Å². The standard InChI is InChI=1S/C14H13N3O/c1-10-13(8-14(18)16-10)11-2-4-12(5-3-11)17-7-6-15-9-17/h2-7,9H,8H2,1H3,(H,16,18). The summed E-state index contributed by atoms with van der Waals surface area (Å²) in [5.41, 5.74) is 4.19. The molecule has 2 aromatic rings.